The van der Waals surface area contributed by atoms with Crippen molar-refractivity contribution in [3.63, 3.8) is 0 Å². The number of carboxylic acids is 1. The highest BCUT2D eigenvalue weighted by atomic mass is 16.6. The maximum atomic E-state index is 9.71. The van der Waals surface area contributed by atoms with Gasteiger partial charge in [0.25, 0.3) is 0 Å². The lowest BCUT2D eigenvalue weighted by Crippen LogP contribution is -1.94. The molecule has 0 rings (SSSR count). The summed E-state index contributed by atoms with van der Waals surface area (Å²) in [6.45, 7) is 1.73. The fourth-order valence-electron chi connectivity index (χ4n) is 0.172. The summed E-state index contributed by atoms with van der Waals surface area (Å²) in [5, 5.41) is 11.0. The summed E-state index contributed by atoms with van der Waals surface area (Å²) in [6, 6.07) is 0. The zero-order chi connectivity index (χ0) is 7.11. The monoisotopic (exact) mass is 129 g/mol. The molecule has 0 fully saturated rings. The Morgan fingerprint density at radius 1 is 1.78 bits per heavy atom. The number of rotatable bonds is 3. The lowest BCUT2D eigenvalue weighted by molar-refractivity contribution is -0.129. The molecule has 0 aromatic carbocycles. The molecule has 0 aromatic rings. The molecule has 0 saturated carbocycles. The zero-order valence-corrected chi connectivity index (χ0v) is 4.94. The van der Waals surface area contributed by atoms with E-state index in [0.717, 1.165) is 0 Å². The molecule has 4 heteroatoms. The molecule has 0 heterocycles. The van der Waals surface area contributed by atoms with Gasteiger partial charge in [-0.15, -0.1) is 0 Å². The van der Waals surface area contributed by atoms with Gasteiger partial charge in [-0.2, -0.15) is 0 Å². The van der Waals surface area contributed by atoms with Crippen molar-refractivity contribution in [1.82, 2.24) is 0 Å². The first kappa shape index (κ1) is 7.68. The molecular formula is C5H7NO3. The first-order chi connectivity index (χ1) is 4.27. The lowest BCUT2D eigenvalue weighted by atomic mass is 10.7. The third-order valence-electron chi connectivity index (χ3n) is 0.421. The van der Waals surface area contributed by atoms with E-state index in [4.69, 9.17) is 5.11 Å². The van der Waals surface area contributed by atoms with Crippen molar-refractivity contribution in [3.8, 4) is 0 Å². The van der Waals surface area contributed by atoms with Gasteiger partial charge in [0.05, 0.1) is 0 Å². The number of carbonyl (C=O) groups is 1. The van der Waals surface area contributed by atoms with Crippen LogP contribution in [0, 0.1) is 0 Å². The molecule has 0 aliphatic heterocycles. The normalized spacial score (nSPS) is 10.8. The molecular weight excluding hydrogens is 122 g/mol. The van der Waals surface area contributed by atoms with Crippen LogP contribution in [0.5, 0.6) is 0 Å². The summed E-state index contributed by atoms with van der Waals surface area (Å²) >= 11 is 0. The second kappa shape index (κ2) is 4.83. The van der Waals surface area contributed by atoms with E-state index >= 15 is 0 Å². The number of hydrogen-bond donors (Lipinski definition) is 1. The maximum absolute atomic E-state index is 9.71. The molecule has 0 amide bonds. The van der Waals surface area contributed by atoms with Gasteiger partial charge in [-0.1, -0.05) is 5.16 Å². The Morgan fingerprint density at radius 2 is 2.44 bits per heavy atom. The van der Waals surface area contributed by atoms with Crippen LogP contribution in [0.25, 0.3) is 0 Å². The second-order valence-corrected chi connectivity index (χ2v) is 1.15. The molecule has 50 valence electrons. The SMILES string of the molecule is CC=CON=CC(=O)O. The fraction of sp³-hybridized carbons (Fsp3) is 0.200. The minimum atomic E-state index is -1.13. The third-order valence-corrected chi connectivity index (χ3v) is 0.421. The summed E-state index contributed by atoms with van der Waals surface area (Å²) in [4.78, 5) is 14.0. The van der Waals surface area contributed by atoms with Crippen molar-refractivity contribution in [2.24, 2.45) is 5.16 Å². The first-order valence-corrected chi connectivity index (χ1v) is 2.30. The molecule has 4 nitrogen and oxygen atoms in total. The van der Waals surface area contributed by atoms with Gasteiger partial charge in [-0.05, 0) is 13.0 Å². The van der Waals surface area contributed by atoms with Gasteiger partial charge in [0.1, 0.15) is 6.26 Å². The highest BCUT2D eigenvalue weighted by molar-refractivity contribution is 6.21. The van der Waals surface area contributed by atoms with Crippen LogP contribution in [0.15, 0.2) is 17.5 Å². The van der Waals surface area contributed by atoms with Crippen molar-refractivity contribution in [2.45, 2.75) is 6.92 Å². The second-order valence-electron chi connectivity index (χ2n) is 1.15. The van der Waals surface area contributed by atoms with Crippen molar-refractivity contribution >= 4 is 12.2 Å². The number of aliphatic carboxylic acids is 1. The number of nitrogens with zero attached hydrogens (tertiary/aromatic N) is 1. The molecule has 0 aromatic heterocycles. The summed E-state index contributed by atoms with van der Waals surface area (Å²) in [5.74, 6) is -1.13. The Hall–Kier alpha value is -1.32. The van der Waals surface area contributed by atoms with Crippen LogP contribution in [0.3, 0.4) is 0 Å². The average Bonchev–Trinajstić information content (AvgIpc) is 1.80. The van der Waals surface area contributed by atoms with Crippen molar-refractivity contribution in [2.75, 3.05) is 0 Å². The van der Waals surface area contributed by atoms with Crippen LogP contribution in [-0.2, 0) is 9.63 Å². The summed E-state index contributed by atoms with van der Waals surface area (Å²) in [6.07, 6.45) is 3.54. The van der Waals surface area contributed by atoms with Crippen molar-refractivity contribution in [1.29, 1.82) is 0 Å². The van der Waals surface area contributed by atoms with E-state index in [-0.39, 0.29) is 0 Å². The van der Waals surface area contributed by atoms with Gasteiger partial charge in [-0.3, -0.25) is 0 Å². The van der Waals surface area contributed by atoms with Gasteiger partial charge < -0.3 is 9.94 Å². The lowest BCUT2D eigenvalue weighted by Gasteiger charge is -1.82. The summed E-state index contributed by atoms with van der Waals surface area (Å²) in [7, 11) is 0. The van der Waals surface area contributed by atoms with Gasteiger partial charge in [0.2, 0.25) is 0 Å². The zero-order valence-electron chi connectivity index (χ0n) is 4.94. The highest BCUT2D eigenvalue weighted by Crippen LogP contribution is 1.75. The molecule has 1 N–H and O–H groups in total. The third kappa shape index (κ3) is 6.68. The Labute approximate surface area is 52.4 Å². The largest absolute Gasteiger partial charge is 0.477 e. The number of carboxylic acid groups (broad SMARTS) is 1. The molecule has 0 radical (unpaired) electrons. The Kier molecular flexibility index (Phi) is 4.12. The maximum Gasteiger partial charge on any atom is 0.350 e. The predicted molar refractivity (Wildman–Crippen MR) is 32.0 cm³/mol. The Bertz CT molecular complexity index is 139. The van der Waals surface area contributed by atoms with Gasteiger partial charge >= 0.3 is 5.97 Å². The van der Waals surface area contributed by atoms with E-state index in [9.17, 15) is 4.79 Å². The predicted octanol–water partition coefficient (Wildman–Crippen LogP) is 0.607. The molecule has 9 heavy (non-hydrogen) atoms. The fourth-order valence-corrected chi connectivity index (χ4v) is 0.172. The van der Waals surface area contributed by atoms with Crippen molar-refractivity contribution in [3.05, 3.63) is 12.3 Å². The van der Waals surface area contributed by atoms with Gasteiger partial charge in [0.15, 0.2) is 6.21 Å². The average molecular weight is 129 g/mol. The molecule has 0 aliphatic carbocycles. The minimum absolute atomic E-state index is 0.667. The molecule has 0 saturated heterocycles. The number of allylic oxidation sites excluding steroid dienone is 1. The number of hydrogen-bond acceptors (Lipinski definition) is 3. The number of oxime groups is 1. The molecule has 0 unspecified atom stereocenters. The molecule has 0 atom stereocenters. The van der Waals surface area contributed by atoms with Crippen molar-refractivity contribution < 1.29 is 14.7 Å². The topological polar surface area (TPSA) is 58.9 Å². The minimum Gasteiger partial charge on any atom is -0.477 e. The van der Waals surface area contributed by atoms with E-state index in [0.29, 0.717) is 6.21 Å². The van der Waals surface area contributed by atoms with Crippen LogP contribution in [-0.4, -0.2) is 17.3 Å². The van der Waals surface area contributed by atoms with Crippen LogP contribution in [0.1, 0.15) is 6.92 Å². The molecule has 0 spiro atoms. The standard InChI is InChI=1S/C5H7NO3/c1-2-3-9-6-4-5(7)8/h2-4H,1H3,(H,7,8). The first-order valence-electron chi connectivity index (χ1n) is 2.30. The van der Waals surface area contributed by atoms with E-state index in [1.165, 1.54) is 6.26 Å². The van der Waals surface area contributed by atoms with Gasteiger partial charge in [-0.25, -0.2) is 4.79 Å². The van der Waals surface area contributed by atoms with Crippen LogP contribution < -0.4 is 0 Å². The van der Waals surface area contributed by atoms with Crippen LogP contribution in [0.2, 0.25) is 0 Å². The molecule has 0 aliphatic rings. The van der Waals surface area contributed by atoms with E-state index in [1.54, 1.807) is 13.0 Å². The molecule has 0 bridgehead atoms. The highest BCUT2D eigenvalue weighted by Gasteiger charge is 1.83. The Balaban J connectivity index is 3.36. The van der Waals surface area contributed by atoms with Crippen LogP contribution in [0.4, 0.5) is 0 Å². The van der Waals surface area contributed by atoms with Gasteiger partial charge in [0, 0.05) is 0 Å². The van der Waals surface area contributed by atoms with E-state index in [1.807, 2.05) is 0 Å². The van der Waals surface area contributed by atoms with E-state index in [2.05, 4.69) is 9.99 Å². The van der Waals surface area contributed by atoms with E-state index < -0.39 is 5.97 Å². The quantitative estimate of drug-likeness (QED) is 0.345. The summed E-state index contributed by atoms with van der Waals surface area (Å²) < 4.78 is 0. The summed E-state index contributed by atoms with van der Waals surface area (Å²) in [5.41, 5.74) is 0. The Morgan fingerprint density at radius 3 is 2.89 bits per heavy atom. The van der Waals surface area contributed by atoms with Crippen LogP contribution >= 0.6 is 0 Å². The smallest absolute Gasteiger partial charge is 0.350 e.